The van der Waals surface area contributed by atoms with Gasteiger partial charge in [-0.2, -0.15) is 0 Å². The van der Waals surface area contributed by atoms with E-state index in [1.165, 1.54) is 11.3 Å². The summed E-state index contributed by atoms with van der Waals surface area (Å²) in [5.41, 5.74) is 0. The van der Waals surface area contributed by atoms with Gasteiger partial charge in [-0.3, -0.25) is 0 Å². The van der Waals surface area contributed by atoms with Gasteiger partial charge in [0.15, 0.2) is 0 Å². The number of hydrogen-bond acceptors (Lipinski definition) is 4. The maximum atomic E-state index is 11.6. The van der Waals surface area contributed by atoms with E-state index in [0.29, 0.717) is 19.4 Å². The van der Waals surface area contributed by atoms with E-state index in [0.717, 1.165) is 5.01 Å². The number of carboxylic acid groups (broad SMARTS) is 1. The standard InChI is InChI=1S/C12H19N3O3S/c1-8(2)7-9(11(16)17)15-12(18)14-4-3-10-13-5-6-19-10/h5-6,8-9H,3-4,7H2,1-2H3,(H,16,17)(H2,14,15,18)/t9-/m1/s1. The average molecular weight is 285 g/mol. The molecule has 3 N–H and O–H groups in total. The van der Waals surface area contributed by atoms with Crippen molar-refractivity contribution in [2.75, 3.05) is 6.54 Å². The molecule has 0 bridgehead atoms. The van der Waals surface area contributed by atoms with Gasteiger partial charge >= 0.3 is 12.0 Å². The molecule has 0 saturated heterocycles. The molecule has 0 radical (unpaired) electrons. The van der Waals surface area contributed by atoms with Gasteiger partial charge in [-0.1, -0.05) is 13.8 Å². The third kappa shape index (κ3) is 6.19. The molecule has 19 heavy (non-hydrogen) atoms. The van der Waals surface area contributed by atoms with E-state index in [1.807, 2.05) is 19.2 Å². The Bertz CT molecular complexity index is 406. The van der Waals surface area contributed by atoms with E-state index in [4.69, 9.17) is 5.11 Å². The van der Waals surface area contributed by atoms with Crippen LogP contribution >= 0.6 is 11.3 Å². The van der Waals surface area contributed by atoms with Gasteiger partial charge in [0.2, 0.25) is 0 Å². The third-order valence-electron chi connectivity index (χ3n) is 2.42. The number of amides is 2. The largest absolute Gasteiger partial charge is 0.480 e. The lowest BCUT2D eigenvalue weighted by molar-refractivity contribution is -0.139. The minimum absolute atomic E-state index is 0.205. The zero-order valence-electron chi connectivity index (χ0n) is 11.0. The number of carbonyl (C=O) groups excluding carboxylic acids is 1. The molecule has 6 nitrogen and oxygen atoms in total. The highest BCUT2D eigenvalue weighted by atomic mass is 32.1. The zero-order valence-corrected chi connectivity index (χ0v) is 11.9. The van der Waals surface area contributed by atoms with Crippen LogP contribution in [0.2, 0.25) is 0 Å². The van der Waals surface area contributed by atoms with Crippen molar-refractivity contribution in [3.05, 3.63) is 16.6 Å². The molecule has 1 heterocycles. The Morgan fingerprint density at radius 1 is 1.47 bits per heavy atom. The Morgan fingerprint density at radius 2 is 2.21 bits per heavy atom. The number of nitrogens with one attached hydrogen (secondary N) is 2. The van der Waals surface area contributed by atoms with Crippen LogP contribution in [-0.2, 0) is 11.2 Å². The minimum Gasteiger partial charge on any atom is -0.480 e. The van der Waals surface area contributed by atoms with Gasteiger partial charge < -0.3 is 15.7 Å². The number of urea groups is 1. The molecular formula is C12H19N3O3S. The van der Waals surface area contributed by atoms with Crippen molar-refractivity contribution in [1.29, 1.82) is 0 Å². The Balaban J connectivity index is 2.30. The summed E-state index contributed by atoms with van der Waals surface area (Å²) >= 11 is 1.52. The highest BCUT2D eigenvalue weighted by Gasteiger charge is 2.20. The first kappa shape index (κ1) is 15.4. The Labute approximate surface area is 116 Å². The highest BCUT2D eigenvalue weighted by molar-refractivity contribution is 7.09. The summed E-state index contributed by atoms with van der Waals surface area (Å²) in [6.45, 7) is 4.27. The quantitative estimate of drug-likeness (QED) is 0.707. The van der Waals surface area contributed by atoms with Crippen molar-refractivity contribution in [2.24, 2.45) is 5.92 Å². The molecule has 1 atom stereocenters. The summed E-state index contributed by atoms with van der Waals surface area (Å²) in [7, 11) is 0. The Hall–Kier alpha value is -1.63. The summed E-state index contributed by atoms with van der Waals surface area (Å²) in [5, 5.41) is 16.9. The van der Waals surface area contributed by atoms with Crippen molar-refractivity contribution < 1.29 is 14.7 Å². The number of hydrogen-bond donors (Lipinski definition) is 3. The van der Waals surface area contributed by atoms with Crippen LogP contribution < -0.4 is 10.6 Å². The summed E-state index contributed by atoms with van der Waals surface area (Å²) in [4.78, 5) is 26.6. The van der Waals surface area contributed by atoms with Crippen LogP contribution in [0.25, 0.3) is 0 Å². The van der Waals surface area contributed by atoms with Crippen LogP contribution in [0.4, 0.5) is 4.79 Å². The van der Waals surface area contributed by atoms with E-state index >= 15 is 0 Å². The minimum atomic E-state index is -1.01. The van der Waals surface area contributed by atoms with Crippen molar-refractivity contribution in [3.63, 3.8) is 0 Å². The second kappa shape index (κ2) is 7.73. The molecule has 106 valence electrons. The predicted octanol–water partition coefficient (Wildman–Crippen LogP) is 1.48. The van der Waals surface area contributed by atoms with Crippen LogP contribution in [0.3, 0.4) is 0 Å². The number of carboxylic acids is 1. The van der Waals surface area contributed by atoms with Crippen LogP contribution in [-0.4, -0.2) is 34.7 Å². The molecule has 0 aliphatic carbocycles. The van der Waals surface area contributed by atoms with E-state index in [9.17, 15) is 9.59 Å². The lowest BCUT2D eigenvalue weighted by Crippen LogP contribution is -2.47. The smallest absolute Gasteiger partial charge is 0.326 e. The van der Waals surface area contributed by atoms with Crippen LogP contribution in [0.15, 0.2) is 11.6 Å². The van der Waals surface area contributed by atoms with Crippen molar-refractivity contribution in [1.82, 2.24) is 15.6 Å². The number of rotatable bonds is 7. The second-order valence-electron chi connectivity index (χ2n) is 4.60. The second-order valence-corrected chi connectivity index (χ2v) is 5.58. The molecule has 1 aromatic rings. The fourth-order valence-corrected chi connectivity index (χ4v) is 2.18. The summed E-state index contributed by atoms with van der Waals surface area (Å²) in [6, 6.07) is -1.30. The average Bonchev–Trinajstić information content (AvgIpc) is 2.80. The van der Waals surface area contributed by atoms with E-state index in [-0.39, 0.29) is 5.92 Å². The first-order valence-corrected chi connectivity index (χ1v) is 7.02. The zero-order chi connectivity index (χ0) is 14.3. The summed E-state index contributed by atoms with van der Waals surface area (Å²) in [5.74, 6) is -0.805. The molecule has 0 aliphatic heterocycles. The van der Waals surface area contributed by atoms with Crippen molar-refractivity contribution in [2.45, 2.75) is 32.7 Å². The van der Waals surface area contributed by atoms with Gasteiger partial charge in [-0.25, -0.2) is 14.6 Å². The summed E-state index contributed by atoms with van der Waals surface area (Å²) in [6.07, 6.45) is 2.77. The molecule has 0 aromatic carbocycles. The number of thiazole rings is 1. The number of aliphatic carboxylic acids is 1. The third-order valence-corrected chi connectivity index (χ3v) is 3.26. The lowest BCUT2D eigenvalue weighted by Gasteiger charge is -2.16. The van der Waals surface area contributed by atoms with Crippen LogP contribution in [0, 0.1) is 5.92 Å². The van der Waals surface area contributed by atoms with Gasteiger partial charge in [0, 0.05) is 24.5 Å². The highest BCUT2D eigenvalue weighted by Crippen LogP contribution is 2.05. The molecular weight excluding hydrogens is 266 g/mol. The van der Waals surface area contributed by atoms with Crippen molar-refractivity contribution in [3.8, 4) is 0 Å². The van der Waals surface area contributed by atoms with E-state index < -0.39 is 18.0 Å². The van der Waals surface area contributed by atoms with Gasteiger partial charge in [-0.05, 0) is 12.3 Å². The van der Waals surface area contributed by atoms with Gasteiger partial charge in [0.25, 0.3) is 0 Å². The molecule has 0 fully saturated rings. The molecule has 0 unspecified atom stereocenters. The predicted molar refractivity (Wildman–Crippen MR) is 73.2 cm³/mol. The molecule has 0 aliphatic rings. The molecule has 1 rings (SSSR count). The van der Waals surface area contributed by atoms with Crippen molar-refractivity contribution >= 4 is 23.3 Å². The molecule has 0 saturated carbocycles. The number of carbonyl (C=O) groups is 2. The first-order valence-electron chi connectivity index (χ1n) is 6.14. The lowest BCUT2D eigenvalue weighted by atomic mass is 10.0. The van der Waals surface area contributed by atoms with E-state index in [1.54, 1.807) is 6.20 Å². The fraction of sp³-hybridized carbons (Fsp3) is 0.583. The maximum Gasteiger partial charge on any atom is 0.326 e. The van der Waals surface area contributed by atoms with Gasteiger partial charge in [0.05, 0.1) is 5.01 Å². The number of nitrogens with zero attached hydrogens (tertiary/aromatic N) is 1. The molecule has 1 aromatic heterocycles. The Kier molecular flexibility index (Phi) is 6.27. The summed E-state index contributed by atoms with van der Waals surface area (Å²) < 4.78 is 0. The maximum absolute atomic E-state index is 11.6. The molecule has 7 heteroatoms. The monoisotopic (exact) mass is 285 g/mol. The van der Waals surface area contributed by atoms with E-state index in [2.05, 4.69) is 15.6 Å². The molecule has 2 amide bonds. The fourth-order valence-electron chi connectivity index (χ4n) is 1.56. The topological polar surface area (TPSA) is 91.3 Å². The normalized spacial score (nSPS) is 12.2. The van der Waals surface area contributed by atoms with Gasteiger partial charge in [-0.15, -0.1) is 11.3 Å². The van der Waals surface area contributed by atoms with Gasteiger partial charge in [0.1, 0.15) is 6.04 Å². The van der Waals surface area contributed by atoms with Crippen LogP contribution in [0.1, 0.15) is 25.3 Å². The Morgan fingerprint density at radius 3 is 2.74 bits per heavy atom. The first-order chi connectivity index (χ1) is 8.99. The van der Waals surface area contributed by atoms with Crippen LogP contribution in [0.5, 0.6) is 0 Å². The number of aromatic nitrogens is 1. The SMILES string of the molecule is CC(C)C[C@@H](NC(=O)NCCc1nccs1)C(=O)O. The molecule has 0 spiro atoms.